The van der Waals surface area contributed by atoms with Gasteiger partial charge < -0.3 is 19.8 Å². The summed E-state index contributed by atoms with van der Waals surface area (Å²) in [6.07, 6.45) is 5.11. The Labute approximate surface area is 165 Å². The quantitative estimate of drug-likeness (QED) is 0.371. The number of nitrogens with zero attached hydrogens (tertiary/aromatic N) is 2. The molecule has 1 aliphatic rings. The first-order valence-electron chi connectivity index (χ1n) is 9.68. The minimum atomic E-state index is 0.360. The molecule has 0 amide bonds. The van der Waals surface area contributed by atoms with Crippen molar-refractivity contribution >= 4 is 17.3 Å². The average Bonchev–Trinajstić information content (AvgIpc) is 3.45. The molecule has 2 aromatic rings. The number of nitrogens with one attached hydrogen (secondary N) is 2. The fraction of sp³-hybridized carbons (Fsp3) is 0.550. The lowest BCUT2D eigenvalue weighted by atomic mass is 10.2. The van der Waals surface area contributed by atoms with E-state index < -0.39 is 0 Å². The zero-order valence-electron chi connectivity index (χ0n) is 16.0. The second-order valence-corrected chi connectivity index (χ2v) is 7.62. The van der Waals surface area contributed by atoms with Crippen LogP contribution in [0.2, 0.25) is 0 Å². The number of hydrogen-bond acceptors (Lipinski definition) is 5. The highest BCUT2D eigenvalue weighted by Crippen LogP contribution is 2.28. The number of furan rings is 1. The molecule has 2 aromatic heterocycles. The zero-order valence-corrected chi connectivity index (χ0v) is 16.8. The van der Waals surface area contributed by atoms with E-state index in [1.54, 1.807) is 13.4 Å². The van der Waals surface area contributed by atoms with Gasteiger partial charge in [0, 0.05) is 31.5 Å². The number of likely N-dealkylation sites (tertiary alicyclic amines) is 1. The van der Waals surface area contributed by atoms with Crippen LogP contribution < -0.4 is 10.6 Å². The molecule has 6 nitrogen and oxygen atoms in total. The fourth-order valence-corrected chi connectivity index (χ4v) is 4.15. The van der Waals surface area contributed by atoms with Crippen molar-refractivity contribution < 1.29 is 9.15 Å². The molecule has 0 radical (unpaired) electrons. The number of methoxy groups -OCH3 is 1. The van der Waals surface area contributed by atoms with Crippen molar-refractivity contribution in [3.63, 3.8) is 0 Å². The van der Waals surface area contributed by atoms with Crippen molar-refractivity contribution in [2.45, 2.75) is 25.3 Å². The number of hydrogen-bond donors (Lipinski definition) is 2. The first-order valence-corrected chi connectivity index (χ1v) is 10.6. The maximum atomic E-state index is 5.40. The van der Waals surface area contributed by atoms with E-state index in [2.05, 4.69) is 33.0 Å². The van der Waals surface area contributed by atoms with Gasteiger partial charge in [0.15, 0.2) is 5.96 Å². The van der Waals surface area contributed by atoms with E-state index in [4.69, 9.17) is 14.1 Å². The average molecular weight is 391 g/mol. The van der Waals surface area contributed by atoms with Gasteiger partial charge in [-0.15, -0.1) is 11.3 Å². The topological polar surface area (TPSA) is 62.0 Å². The molecule has 0 aliphatic carbocycles. The van der Waals surface area contributed by atoms with Crippen LogP contribution in [0.4, 0.5) is 0 Å². The van der Waals surface area contributed by atoms with Gasteiger partial charge >= 0.3 is 0 Å². The van der Waals surface area contributed by atoms with Crippen molar-refractivity contribution in [1.29, 1.82) is 0 Å². The standard InChI is InChI=1S/C20H30N4O2S/c1-25-14-10-22-20(21-9-8-17-6-4-13-26-17)23-16-18(19-7-5-15-27-19)24-11-2-3-12-24/h4-7,13,15,18H,2-3,8-12,14,16H2,1H3,(H2,21,22,23). The maximum Gasteiger partial charge on any atom is 0.191 e. The molecule has 1 atom stereocenters. The predicted molar refractivity (Wildman–Crippen MR) is 110 cm³/mol. The van der Waals surface area contributed by atoms with Crippen LogP contribution in [0.5, 0.6) is 0 Å². The molecule has 2 N–H and O–H groups in total. The normalized spacial score (nSPS) is 16.6. The first-order chi connectivity index (χ1) is 13.4. The second kappa shape index (κ2) is 11.1. The zero-order chi connectivity index (χ0) is 18.7. The lowest BCUT2D eigenvalue weighted by Gasteiger charge is -2.25. The van der Waals surface area contributed by atoms with Crippen molar-refractivity contribution in [2.75, 3.05) is 46.4 Å². The number of guanidine groups is 1. The largest absolute Gasteiger partial charge is 0.469 e. The number of aliphatic imine (C=N–C) groups is 1. The van der Waals surface area contributed by atoms with Gasteiger partial charge in [0.1, 0.15) is 5.76 Å². The van der Waals surface area contributed by atoms with Gasteiger partial charge in [-0.3, -0.25) is 9.89 Å². The monoisotopic (exact) mass is 390 g/mol. The van der Waals surface area contributed by atoms with E-state index >= 15 is 0 Å². The summed E-state index contributed by atoms with van der Waals surface area (Å²) in [6.45, 7) is 5.24. The summed E-state index contributed by atoms with van der Waals surface area (Å²) in [7, 11) is 1.71. The number of ether oxygens (including phenoxy) is 1. The van der Waals surface area contributed by atoms with E-state index in [0.29, 0.717) is 12.6 Å². The molecule has 0 spiro atoms. The molecular formula is C20H30N4O2S. The van der Waals surface area contributed by atoms with Gasteiger partial charge in [0.2, 0.25) is 0 Å². The Hall–Kier alpha value is -1.83. The Bertz CT molecular complexity index is 652. The Morgan fingerprint density at radius 3 is 2.81 bits per heavy atom. The second-order valence-electron chi connectivity index (χ2n) is 6.64. The summed E-state index contributed by atoms with van der Waals surface area (Å²) in [5, 5.41) is 8.93. The molecule has 27 heavy (non-hydrogen) atoms. The molecule has 0 bridgehead atoms. The highest BCUT2D eigenvalue weighted by molar-refractivity contribution is 7.10. The molecule has 1 unspecified atom stereocenters. The summed E-state index contributed by atoms with van der Waals surface area (Å²) in [6, 6.07) is 8.64. The van der Waals surface area contributed by atoms with Gasteiger partial charge in [-0.2, -0.15) is 0 Å². The predicted octanol–water partition coefficient (Wildman–Crippen LogP) is 2.90. The summed E-state index contributed by atoms with van der Waals surface area (Å²) in [5.74, 6) is 1.81. The Morgan fingerprint density at radius 2 is 2.11 bits per heavy atom. The van der Waals surface area contributed by atoms with Crippen molar-refractivity contribution in [3.8, 4) is 0 Å². The van der Waals surface area contributed by atoms with Crippen LogP contribution in [-0.2, 0) is 11.2 Å². The van der Waals surface area contributed by atoms with Crippen LogP contribution in [0, 0.1) is 0 Å². The van der Waals surface area contributed by atoms with Crippen LogP contribution in [0.3, 0.4) is 0 Å². The molecule has 0 aromatic carbocycles. The molecule has 0 saturated carbocycles. The van der Waals surface area contributed by atoms with Crippen LogP contribution in [0.25, 0.3) is 0 Å². The molecule has 3 rings (SSSR count). The summed E-state index contributed by atoms with van der Waals surface area (Å²) >= 11 is 1.82. The van der Waals surface area contributed by atoms with Crippen LogP contribution in [0.15, 0.2) is 45.3 Å². The molecule has 1 fully saturated rings. The van der Waals surface area contributed by atoms with E-state index in [9.17, 15) is 0 Å². The van der Waals surface area contributed by atoms with E-state index in [-0.39, 0.29) is 0 Å². The van der Waals surface area contributed by atoms with Gasteiger partial charge in [0.05, 0.1) is 25.5 Å². The van der Waals surface area contributed by atoms with E-state index in [1.165, 1.54) is 17.7 Å². The third kappa shape index (κ3) is 6.37. The Morgan fingerprint density at radius 1 is 1.26 bits per heavy atom. The van der Waals surface area contributed by atoms with Gasteiger partial charge in [0.25, 0.3) is 0 Å². The van der Waals surface area contributed by atoms with Crippen LogP contribution in [-0.4, -0.2) is 57.3 Å². The molecule has 148 valence electrons. The molecule has 7 heteroatoms. The Balaban J connectivity index is 1.60. The highest BCUT2D eigenvalue weighted by atomic mass is 32.1. The van der Waals surface area contributed by atoms with Crippen LogP contribution >= 0.6 is 11.3 Å². The van der Waals surface area contributed by atoms with E-state index in [0.717, 1.165) is 50.9 Å². The lowest BCUT2D eigenvalue weighted by molar-refractivity contribution is 0.203. The lowest BCUT2D eigenvalue weighted by Crippen LogP contribution is -2.40. The third-order valence-corrected chi connectivity index (χ3v) is 5.69. The summed E-state index contributed by atoms with van der Waals surface area (Å²) < 4.78 is 10.6. The van der Waals surface area contributed by atoms with Crippen molar-refractivity contribution in [3.05, 3.63) is 46.5 Å². The number of rotatable bonds is 10. The maximum absolute atomic E-state index is 5.40. The molecule has 1 aliphatic heterocycles. The minimum Gasteiger partial charge on any atom is -0.469 e. The van der Waals surface area contributed by atoms with Gasteiger partial charge in [-0.1, -0.05) is 6.07 Å². The SMILES string of the molecule is COCCNC(=NCC(c1cccs1)N1CCCC1)NCCc1ccco1. The smallest absolute Gasteiger partial charge is 0.191 e. The van der Waals surface area contributed by atoms with Gasteiger partial charge in [-0.25, -0.2) is 0 Å². The Kier molecular flexibility index (Phi) is 8.20. The van der Waals surface area contributed by atoms with E-state index in [1.807, 2.05) is 23.5 Å². The molecule has 1 saturated heterocycles. The minimum absolute atomic E-state index is 0.360. The summed E-state index contributed by atoms with van der Waals surface area (Å²) in [4.78, 5) is 8.84. The molecule has 3 heterocycles. The molecular weight excluding hydrogens is 360 g/mol. The third-order valence-electron chi connectivity index (χ3n) is 4.72. The summed E-state index contributed by atoms with van der Waals surface area (Å²) in [5.41, 5.74) is 0. The number of thiophene rings is 1. The van der Waals surface area contributed by atoms with Crippen molar-refractivity contribution in [2.24, 2.45) is 4.99 Å². The van der Waals surface area contributed by atoms with Crippen LogP contribution in [0.1, 0.15) is 29.5 Å². The van der Waals surface area contributed by atoms with Crippen molar-refractivity contribution in [1.82, 2.24) is 15.5 Å². The highest BCUT2D eigenvalue weighted by Gasteiger charge is 2.24. The van der Waals surface area contributed by atoms with Gasteiger partial charge in [-0.05, 0) is 49.5 Å². The first kappa shape index (κ1) is 19.9. The fourth-order valence-electron chi connectivity index (χ4n) is 3.30.